The van der Waals surface area contributed by atoms with Gasteiger partial charge >= 0.3 is 0 Å². The molecule has 4 nitrogen and oxygen atoms in total. The summed E-state index contributed by atoms with van der Waals surface area (Å²) >= 11 is 1.37. The van der Waals surface area contributed by atoms with Crippen LogP contribution in [0.2, 0.25) is 0 Å². The van der Waals surface area contributed by atoms with Gasteiger partial charge in [-0.05, 0) is 36.7 Å². The van der Waals surface area contributed by atoms with Crippen LogP contribution in [0, 0.1) is 6.92 Å². The normalized spacial score (nSPS) is 10.9. The van der Waals surface area contributed by atoms with Gasteiger partial charge in [0.15, 0.2) is 6.29 Å². The number of carbonyl (C=O) groups excluding carboxylic acids is 1. The van der Waals surface area contributed by atoms with Crippen LogP contribution in [-0.2, 0) is 0 Å². The van der Waals surface area contributed by atoms with Gasteiger partial charge in [-0.2, -0.15) is 0 Å². The first-order valence-corrected chi connectivity index (χ1v) is 5.92. The number of hydrogen-bond donors (Lipinski definition) is 0. The topological polar surface area (TPSA) is 47.3 Å². The molecule has 0 aliphatic carbocycles. The van der Waals surface area contributed by atoms with Gasteiger partial charge in [0, 0.05) is 17.3 Å². The third kappa shape index (κ3) is 1.55. The minimum absolute atomic E-state index is 0.642. The van der Waals surface area contributed by atoms with Crippen molar-refractivity contribution < 1.29 is 4.79 Å². The van der Waals surface area contributed by atoms with Crippen molar-refractivity contribution in [2.24, 2.45) is 0 Å². The lowest BCUT2D eigenvalue weighted by Crippen LogP contribution is -1.91. The standard InChI is InChI=1S/C12H9N3OS/c1-8-12(17-14-13-8)9-5-10-3-2-4-11(7-16)15(10)6-9/h2-7H,1H3. The molecule has 0 amide bonds. The van der Waals surface area contributed by atoms with Crippen molar-refractivity contribution in [2.45, 2.75) is 6.92 Å². The van der Waals surface area contributed by atoms with E-state index in [1.807, 2.05) is 35.7 Å². The Kier molecular flexibility index (Phi) is 2.26. The lowest BCUT2D eigenvalue weighted by Gasteiger charge is -1.96. The lowest BCUT2D eigenvalue weighted by molar-refractivity contribution is 0.111. The first-order valence-electron chi connectivity index (χ1n) is 5.15. The van der Waals surface area contributed by atoms with Crippen molar-refractivity contribution in [1.29, 1.82) is 0 Å². The van der Waals surface area contributed by atoms with E-state index >= 15 is 0 Å². The van der Waals surface area contributed by atoms with Gasteiger partial charge in [-0.3, -0.25) is 4.79 Å². The molecule has 3 heterocycles. The molecule has 5 heteroatoms. The quantitative estimate of drug-likeness (QED) is 0.650. The fourth-order valence-corrected chi connectivity index (χ4v) is 2.51. The van der Waals surface area contributed by atoms with Crippen LogP contribution in [0.15, 0.2) is 30.5 Å². The minimum Gasteiger partial charge on any atom is -0.314 e. The molecule has 0 unspecified atom stereocenters. The SMILES string of the molecule is Cc1nnsc1-c1cc2cccc(C=O)n2c1. The Morgan fingerprint density at radius 2 is 2.29 bits per heavy atom. The second-order valence-electron chi connectivity index (χ2n) is 3.78. The number of hydrogen-bond acceptors (Lipinski definition) is 4. The predicted octanol–water partition coefficient (Wildman–Crippen LogP) is 2.58. The largest absolute Gasteiger partial charge is 0.314 e. The van der Waals surface area contributed by atoms with E-state index in [1.54, 1.807) is 6.07 Å². The van der Waals surface area contributed by atoms with Crippen LogP contribution in [0.3, 0.4) is 0 Å². The molecular formula is C12H9N3OS. The molecule has 0 aromatic carbocycles. The summed E-state index contributed by atoms with van der Waals surface area (Å²) in [6.45, 7) is 1.93. The molecular weight excluding hydrogens is 234 g/mol. The molecule has 0 aliphatic rings. The number of aromatic nitrogens is 3. The van der Waals surface area contributed by atoms with Crippen molar-refractivity contribution in [2.75, 3.05) is 0 Å². The van der Waals surface area contributed by atoms with E-state index in [0.29, 0.717) is 5.69 Å². The average molecular weight is 243 g/mol. The van der Waals surface area contributed by atoms with Crippen molar-refractivity contribution in [1.82, 2.24) is 14.0 Å². The van der Waals surface area contributed by atoms with E-state index in [4.69, 9.17) is 0 Å². The molecule has 0 fully saturated rings. The molecule has 0 saturated carbocycles. The monoisotopic (exact) mass is 243 g/mol. The van der Waals surface area contributed by atoms with Gasteiger partial charge in [-0.25, -0.2) is 0 Å². The van der Waals surface area contributed by atoms with Crippen LogP contribution in [0.4, 0.5) is 0 Å². The van der Waals surface area contributed by atoms with E-state index in [2.05, 4.69) is 9.59 Å². The zero-order valence-corrected chi connectivity index (χ0v) is 9.94. The van der Waals surface area contributed by atoms with Gasteiger partial charge in [0.1, 0.15) is 0 Å². The number of rotatable bonds is 2. The van der Waals surface area contributed by atoms with Crippen LogP contribution < -0.4 is 0 Å². The van der Waals surface area contributed by atoms with E-state index in [-0.39, 0.29) is 0 Å². The molecule has 84 valence electrons. The maximum absolute atomic E-state index is 10.9. The third-order valence-corrected chi connectivity index (χ3v) is 3.57. The molecule has 3 aromatic heterocycles. The van der Waals surface area contributed by atoms with Gasteiger partial charge in [0.2, 0.25) is 0 Å². The highest BCUT2D eigenvalue weighted by molar-refractivity contribution is 7.09. The molecule has 0 atom stereocenters. The predicted molar refractivity (Wildman–Crippen MR) is 66.4 cm³/mol. The van der Waals surface area contributed by atoms with E-state index in [0.717, 1.165) is 27.9 Å². The van der Waals surface area contributed by atoms with E-state index < -0.39 is 0 Å². The maximum Gasteiger partial charge on any atom is 0.166 e. The molecule has 0 N–H and O–H groups in total. The first kappa shape index (κ1) is 10.2. The highest BCUT2D eigenvalue weighted by Gasteiger charge is 2.09. The number of pyridine rings is 1. The average Bonchev–Trinajstić information content (AvgIpc) is 2.93. The van der Waals surface area contributed by atoms with Crippen LogP contribution in [0.25, 0.3) is 16.0 Å². The Labute approximate surface area is 102 Å². The Bertz CT molecular complexity index is 699. The smallest absolute Gasteiger partial charge is 0.166 e. The third-order valence-electron chi connectivity index (χ3n) is 2.70. The minimum atomic E-state index is 0.642. The molecule has 0 saturated heterocycles. The Balaban J connectivity index is 2.27. The zero-order chi connectivity index (χ0) is 11.8. The van der Waals surface area contributed by atoms with Crippen LogP contribution in [0.1, 0.15) is 16.2 Å². The van der Waals surface area contributed by atoms with Crippen molar-refractivity contribution >= 4 is 23.3 Å². The summed E-state index contributed by atoms with van der Waals surface area (Å²) in [5, 5.41) is 4.00. The second-order valence-corrected chi connectivity index (χ2v) is 4.53. The summed E-state index contributed by atoms with van der Waals surface area (Å²) in [4.78, 5) is 12.0. The van der Waals surface area contributed by atoms with Crippen molar-refractivity contribution in [3.05, 3.63) is 41.9 Å². The van der Waals surface area contributed by atoms with Crippen molar-refractivity contribution in [3.63, 3.8) is 0 Å². The van der Waals surface area contributed by atoms with Crippen LogP contribution in [0.5, 0.6) is 0 Å². The fourth-order valence-electron chi connectivity index (χ4n) is 1.87. The van der Waals surface area contributed by atoms with Crippen LogP contribution in [-0.4, -0.2) is 20.3 Å². The van der Waals surface area contributed by atoms with Gasteiger partial charge in [0.25, 0.3) is 0 Å². The summed E-state index contributed by atoms with van der Waals surface area (Å²) in [6.07, 6.45) is 2.80. The van der Waals surface area contributed by atoms with E-state index in [1.165, 1.54) is 11.5 Å². The Morgan fingerprint density at radius 1 is 1.41 bits per heavy atom. The van der Waals surface area contributed by atoms with Gasteiger partial charge in [0.05, 0.1) is 16.3 Å². The Morgan fingerprint density at radius 3 is 3.00 bits per heavy atom. The van der Waals surface area contributed by atoms with Crippen LogP contribution >= 0.6 is 11.5 Å². The van der Waals surface area contributed by atoms with Gasteiger partial charge in [-0.15, -0.1) is 5.10 Å². The molecule has 3 aromatic rings. The first-order chi connectivity index (χ1) is 8.29. The Hall–Kier alpha value is -2.01. The summed E-state index contributed by atoms with van der Waals surface area (Å²) < 4.78 is 5.80. The molecule has 0 radical (unpaired) electrons. The fraction of sp³-hybridized carbons (Fsp3) is 0.0833. The molecule has 0 bridgehead atoms. The number of fused-ring (bicyclic) bond motifs is 1. The van der Waals surface area contributed by atoms with E-state index in [9.17, 15) is 4.79 Å². The second kappa shape index (κ2) is 3.78. The highest BCUT2D eigenvalue weighted by Crippen LogP contribution is 2.28. The molecule has 17 heavy (non-hydrogen) atoms. The number of nitrogens with zero attached hydrogens (tertiary/aromatic N) is 3. The molecule has 0 spiro atoms. The molecule has 0 aliphatic heterocycles. The zero-order valence-electron chi connectivity index (χ0n) is 9.12. The maximum atomic E-state index is 10.9. The number of aryl methyl sites for hydroxylation is 1. The van der Waals surface area contributed by atoms with Crippen molar-refractivity contribution in [3.8, 4) is 10.4 Å². The highest BCUT2D eigenvalue weighted by atomic mass is 32.1. The summed E-state index contributed by atoms with van der Waals surface area (Å²) in [7, 11) is 0. The number of aldehydes is 1. The summed E-state index contributed by atoms with van der Waals surface area (Å²) in [6, 6.07) is 7.68. The number of carbonyl (C=O) groups is 1. The lowest BCUT2D eigenvalue weighted by atomic mass is 10.2. The summed E-state index contributed by atoms with van der Waals surface area (Å²) in [5.74, 6) is 0. The summed E-state index contributed by atoms with van der Waals surface area (Å²) in [5.41, 5.74) is 3.60. The molecule has 3 rings (SSSR count). The van der Waals surface area contributed by atoms with Gasteiger partial charge in [-0.1, -0.05) is 10.6 Å². The van der Waals surface area contributed by atoms with Gasteiger partial charge < -0.3 is 4.40 Å².